The van der Waals surface area contributed by atoms with Crippen molar-refractivity contribution in [3.63, 3.8) is 0 Å². The van der Waals surface area contributed by atoms with Gasteiger partial charge in [-0.3, -0.25) is 0 Å². The van der Waals surface area contributed by atoms with E-state index in [0.717, 1.165) is 0 Å². The number of rotatable bonds is 1. The van der Waals surface area contributed by atoms with Gasteiger partial charge in [0.15, 0.2) is 11.5 Å². The molecule has 0 saturated carbocycles. The van der Waals surface area contributed by atoms with Crippen molar-refractivity contribution in [1.82, 2.24) is 0 Å². The molecule has 0 radical (unpaired) electrons. The minimum Gasteiger partial charge on any atom is -0.504 e. The largest absolute Gasteiger partial charge is 0.504 e. The van der Waals surface area contributed by atoms with Crippen LogP contribution in [0.1, 0.15) is 36.7 Å². The molecule has 0 spiro atoms. The number of hydrogen-bond donors (Lipinski definition) is 2. The number of benzene rings is 1. The third kappa shape index (κ3) is 2.89. The van der Waals surface area contributed by atoms with Crippen molar-refractivity contribution in [3.8, 4) is 11.5 Å². The molecule has 0 unspecified atom stereocenters. The molecule has 0 amide bonds. The number of esters is 1. The van der Waals surface area contributed by atoms with Crippen LogP contribution in [0, 0.1) is 6.92 Å². The highest BCUT2D eigenvalue weighted by Gasteiger charge is 2.19. The zero-order chi connectivity index (χ0) is 12.5. The Kier molecular flexibility index (Phi) is 3.12. The molecule has 0 bridgehead atoms. The van der Waals surface area contributed by atoms with Gasteiger partial charge in [0, 0.05) is 0 Å². The molecule has 16 heavy (non-hydrogen) atoms. The molecule has 4 heteroatoms. The molecule has 0 aliphatic rings. The summed E-state index contributed by atoms with van der Waals surface area (Å²) in [5, 5.41) is 18.7. The van der Waals surface area contributed by atoms with E-state index >= 15 is 0 Å². The van der Waals surface area contributed by atoms with Gasteiger partial charge in [0.05, 0.1) is 5.56 Å². The standard InChI is InChI=1S/C12H16O4/c1-7-5-8(6-9(13)10(7)14)11(15)16-12(2,3)4/h5-6,13-14H,1-4H3. The molecule has 88 valence electrons. The number of ether oxygens (including phenoxy) is 1. The average molecular weight is 224 g/mol. The van der Waals surface area contributed by atoms with Crippen LogP contribution in [0.25, 0.3) is 0 Å². The molecule has 1 aromatic rings. The van der Waals surface area contributed by atoms with E-state index < -0.39 is 11.6 Å². The zero-order valence-corrected chi connectivity index (χ0v) is 9.87. The Labute approximate surface area is 94.5 Å². The molecular formula is C12H16O4. The second kappa shape index (κ2) is 4.04. The van der Waals surface area contributed by atoms with Crippen molar-refractivity contribution in [2.24, 2.45) is 0 Å². The highest BCUT2D eigenvalue weighted by atomic mass is 16.6. The Balaban J connectivity index is 3.02. The summed E-state index contributed by atoms with van der Waals surface area (Å²) < 4.78 is 5.14. The molecule has 0 heterocycles. The smallest absolute Gasteiger partial charge is 0.338 e. The van der Waals surface area contributed by atoms with Crippen LogP contribution >= 0.6 is 0 Å². The number of aromatic hydroxyl groups is 2. The van der Waals surface area contributed by atoms with E-state index in [4.69, 9.17) is 4.74 Å². The predicted octanol–water partition coefficient (Wildman–Crippen LogP) is 2.36. The SMILES string of the molecule is Cc1cc(C(=O)OC(C)(C)C)cc(O)c1O. The van der Waals surface area contributed by atoms with Crippen LogP contribution in [0.3, 0.4) is 0 Å². The molecule has 4 nitrogen and oxygen atoms in total. The van der Waals surface area contributed by atoms with Crippen LogP contribution in [-0.4, -0.2) is 21.8 Å². The Hall–Kier alpha value is -1.71. The van der Waals surface area contributed by atoms with Crippen LogP contribution in [0.15, 0.2) is 12.1 Å². The quantitative estimate of drug-likeness (QED) is 0.567. The maximum absolute atomic E-state index is 11.7. The Bertz CT molecular complexity index is 393. The van der Waals surface area contributed by atoms with Crippen LogP contribution < -0.4 is 0 Å². The first-order valence-corrected chi connectivity index (χ1v) is 4.96. The fourth-order valence-corrected chi connectivity index (χ4v) is 1.22. The van der Waals surface area contributed by atoms with Crippen LogP contribution in [0.2, 0.25) is 0 Å². The lowest BCUT2D eigenvalue weighted by Crippen LogP contribution is -2.23. The van der Waals surface area contributed by atoms with Crippen LogP contribution in [0.5, 0.6) is 11.5 Å². The fourth-order valence-electron chi connectivity index (χ4n) is 1.22. The van der Waals surface area contributed by atoms with Crippen molar-refractivity contribution >= 4 is 5.97 Å². The number of hydrogen-bond acceptors (Lipinski definition) is 4. The normalized spacial score (nSPS) is 11.2. The van der Waals surface area contributed by atoms with E-state index in [1.807, 2.05) is 0 Å². The summed E-state index contributed by atoms with van der Waals surface area (Å²) in [6.07, 6.45) is 0. The molecule has 2 N–H and O–H groups in total. The van der Waals surface area contributed by atoms with Crippen molar-refractivity contribution in [3.05, 3.63) is 23.3 Å². The summed E-state index contributed by atoms with van der Waals surface area (Å²) in [4.78, 5) is 11.7. The second-order valence-corrected chi connectivity index (χ2v) is 4.66. The van der Waals surface area contributed by atoms with Crippen molar-refractivity contribution < 1.29 is 19.7 Å². The van der Waals surface area contributed by atoms with E-state index in [-0.39, 0.29) is 17.1 Å². The monoisotopic (exact) mass is 224 g/mol. The maximum atomic E-state index is 11.7. The van der Waals surface area contributed by atoms with Crippen molar-refractivity contribution in [2.45, 2.75) is 33.3 Å². The third-order valence-electron chi connectivity index (χ3n) is 1.91. The summed E-state index contributed by atoms with van der Waals surface area (Å²) in [5.41, 5.74) is 0.0713. The number of carbonyl (C=O) groups is 1. The van der Waals surface area contributed by atoms with Gasteiger partial charge < -0.3 is 14.9 Å². The summed E-state index contributed by atoms with van der Waals surface area (Å²) in [6, 6.07) is 2.67. The summed E-state index contributed by atoms with van der Waals surface area (Å²) in [5.74, 6) is -1.06. The number of aryl methyl sites for hydroxylation is 1. The molecule has 0 saturated heterocycles. The minimum absolute atomic E-state index is 0.215. The van der Waals surface area contributed by atoms with Crippen molar-refractivity contribution in [2.75, 3.05) is 0 Å². The molecular weight excluding hydrogens is 208 g/mol. The Morgan fingerprint density at radius 2 is 1.81 bits per heavy atom. The fraction of sp³-hybridized carbons (Fsp3) is 0.417. The lowest BCUT2D eigenvalue weighted by molar-refractivity contribution is 0.00690. The Morgan fingerprint density at radius 3 is 2.25 bits per heavy atom. The van der Waals surface area contributed by atoms with E-state index in [0.29, 0.717) is 5.56 Å². The molecule has 1 rings (SSSR count). The Morgan fingerprint density at radius 1 is 1.25 bits per heavy atom. The first-order chi connectivity index (χ1) is 7.20. The summed E-state index contributed by atoms with van der Waals surface area (Å²) in [7, 11) is 0. The van der Waals surface area contributed by atoms with Gasteiger partial charge in [-0.05, 0) is 45.4 Å². The molecule has 1 aromatic carbocycles. The first kappa shape index (κ1) is 12.4. The topological polar surface area (TPSA) is 66.8 Å². The van der Waals surface area contributed by atoms with E-state index in [9.17, 15) is 15.0 Å². The summed E-state index contributed by atoms with van der Waals surface area (Å²) >= 11 is 0. The first-order valence-electron chi connectivity index (χ1n) is 4.96. The molecule has 0 atom stereocenters. The molecule has 0 fully saturated rings. The highest BCUT2D eigenvalue weighted by molar-refractivity contribution is 5.90. The zero-order valence-electron chi connectivity index (χ0n) is 9.87. The summed E-state index contributed by atoms with van der Waals surface area (Å²) in [6.45, 7) is 6.89. The molecule has 0 aromatic heterocycles. The maximum Gasteiger partial charge on any atom is 0.338 e. The minimum atomic E-state index is -0.585. The van der Waals surface area contributed by atoms with Gasteiger partial charge in [0.1, 0.15) is 5.60 Å². The van der Waals surface area contributed by atoms with Crippen LogP contribution in [-0.2, 0) is 4.74 Å². The number of carbonyl (C=O) groups excluding carboxylic acids is 1. The molecule has 0 aliphatic carbocycles. The molecule has 0 aliphatic heterocycles. The number of phenols is 2. The van der Waals surface area contributed by atoms with E-state index in [1.54, 1.807) is 27.7 Å². The highest BCUT2D eigenvalue weighted by Crippen LogP contribution is 2.30. The van der Waals surface area contributed by atoms with E-state index in [2.05, 4.69) is 0 Å². The van der Waals surface area contributed by atoms with Gasteiger partial charge in [-0.2, -0.15) is 0 Å². The van der Waals surface area contributed by atoms with Gasteiger partial charge >= 0.3 is 5.97 Å². The van der Waals surface area contributed by atoms with E-state index in [1.165, 1.54) is 12.1 Å². The van der Waals surface area contributed by atoms with Crippen molar-refractivity contribution in [1.29, 1.82) is 0 Å². The van der Waals surface area contributed by atoms with Gasteiger partial charge in [-0.15, -0.1) is 0 Å². The predicted molar refractivity (Wildman–Crippen MR) is 59.7 cm³/mol. The average Bonchev–Trinajstić information content (AvgIpc) is 2.10. The van der Waals surface area contributed by atoms with Gasteiger partial charge in [-0.1, -0.05) is 0 Å². The van der Waals surface area contributed by atoms with Crippen LogP contribution in [0.4, 0.5) is 0 Å². The lowest BCUT2D eigenvalue weighted by atomic mass is 10.1. The van der Waals surface area contributed by atoms with Gasteiger partial charge in [0.2, 0.25) is 0 Å². The third-order valence-corrected chi connectivity index (χ3v) is 1.91. The van der Waals surface area contributed by atoms with Gasteiger partial charge in [0.25, 0.3) is 0 Å². The van der Waals surface area contributed by atoms with Gasteiger partial charge in [-0.25, -0.2) is 4.79 Å². The lowest BCUT2D eigenvalue weighted by Gasteiger charge is -2.19. The second-order valence-electron chi connectivity index (χ2n) is 4.66. The number of phenolic OH excluding ortho intramolecular Hbond substituents is 2.